The number of hydrogen-bond acceptors (Lipinski definition) is 3. The summed E-state index contributed by atoms with van der Waals surface area (Å²) in [6.45, 7) is 0.722. The highest BCUT2D eigenvalue weighted by Crippen LogP contribution is 2.20. The Balaban J connectivity index is 2.13. The topological polar surface area (TPSA) is 35.8 Å². The van der Waals surface area contributed by atoms with Crippen LogP contribution >= 0.6 is 22.9 Å². The van der Waals surface area contributed by atoms with Crippen molar-refractivity contribution in [2.24, 2.45) is 0 Å². The largest absolute Gasteiger partial charge is 0.380 e. The van der Waals surface area contributed by atoms with E-state index >= 15 is 0 Å². The molecule has 0 aliphatic heterocycles. The van der Waals surface area contributed by atoms with Gasteiger partial charge in [0.05, 0.1) is 11.3 Å². The van der Waals surface area contributed by atoms with Crippen LogP contribution in [0.15, 0.2) is 35.0 Å². The predicted octanol–water partition coefficient (Wildman–Crippen LogP) is 3.89. The number of benzene rings is 1. The van der Waals surface area contributed by atoms with Crippen molar-refractivity contribution in [3.63, 3.8) is 0 Å². The predicted molar refractivity (Wildman–Crippen MR) is 67.8 cm³/mol. The number of nitrogens with one attached hydrogen (secondary N) is 1. The standard InChI is InChI=1S/C12H9ClN2S/c13-11-1-2-12(10(5-11)6-14)15-7-9-3-4-16-8-9/h1-5,8,15H,7H2. The summed E-state index contributed by atoms with van der Waals surface area (Å²) in [4.78, 5) is 0. The SMILES string of the molecule is N#Cc1cc(Cl)ccc1NCc1ccsc1. The summed E-state index contributed by atoms with van der Waals surface area (Å²) in [5.41, 5.74) is 2.60. The number of nitrogens with zero attached hydrogens (tertiary/aromatic N) is 1. The molecule has 2 rings (SSSR count). The van der Waals surface area contributed by atoms with Crippen LogP contribution in [0, 0.1) is 11.3 Å². The highest BCUT2D eigenvalue weighted by molar-refractivity contribution is 7.07. The van der Waals surface area contributed by atoms with E-state index in [-0.39, 0.29) is 0 Å². The number of anilines is 1. The molecule has 1 N–H and O–H groups in total. The van der Waals surface area contributed by atoms with Crippen molar-refractivity contribution >= 4 is 28.6 Å². The van der Waals surface area contributed by atoms with Gasteiger partial charge in [-0.3, -0.25) is 0 Å². The van der Waals surface area contributed by atoms with E-state index in [9.17, 15) is 0 Å². The minimum absolute atomic E-state index is 0.572. The third-order valence-corrected chi connectivity index (χ3v) is 3.13. The van der Waals surface area contributed by atoms with E-state index in [0.717, 1.165) is 12.2 Å². The van der Waals surface area contributed by atoms with Gasteiger partial charge in [-0.15, -0.1) is 0 Å². The molecule has 0 unspecified atom stereocenters. The fourth-order valence-corrected chi connectivity index (χ4v) is 2.19. The number of thiophene rings is 1. The third kappa shape index (κ3) is 2.54. The number of rotatable bonds is 3. The molecule has 0 fully saturated rings. The zero-order valence-corrected chi connectivity index (χ0v) is 9.98. The molecule has 0 atom stereocenters. The normalized spacial score (nSPS) is 9.75. The first-order chi connectivity index (χ1) is 7.79. The van der Waals surface area contributed by atoms with Crippen LogP contribution in [0.1, 0.15) is 11.1 Å². The molecular weight excluding hydrogens is 240 g/mol. The van der Waals surface area contributed by atoms with Crippen molar-refractivity contribution in [3.8, 4) is 6.07 Å². The molecule has 2 aromatic rings. The molecule has 4 heteroatoms. The van der Waals surface area contributed by atoms with Gasteiger partial charge in [0, 0.05) is 11.6 Å². The quantitative estimate of drug-likeness (QED) is 0.895. The van der Waals surface area contributed by atoms with E-state index < -0.39 is 0 Å². The summed E-state index contributed by atoms with van der Waals surface area (Å²) in [6.07, 6.45) is 0. The van der Waals surface area contributed by atoms with Crippen molar-refractivity contribution in [3.05, 3.63) is 51.2 Å². The van der Waals surface area contributed by atoms with Gasteiger partial charge in [-0.25, -0.2) is 0 Å². The third-order valence-electron chi connectivity index (χ3n) is 2.17. The van der Waals surface area contributed by atoms with Gasteiger partial charge in [0.2, 0.25) is 0 Å². The van der Waals surface area contributed by atoms with Crippen molar-refractivity contribution in [2.45, 2.75) is 6.54 Å². The van der Waals surface area contributed by atoms with Crippen LogP contribution in [0.4, 0.5) is 5.69 Å². The highest BCUT2D eigenvalue weighted by Gasteiger charge is 2.02. The monoisotopic (exact) mass is 248 g/mol. The lowest BCUT2D eigenvalue weighted by Crippen LogP contribution is -1.99. The first kappa shape index (κ1) is 11.0. The number of hydrogen-bond donors (Lipinski definition) is 1. The molecule has 16 heavy (non-hydrogen) atoms. The lowest BCUT2D eigenvalue weighted by Gasteiger charge is -2.07. The van der Waals surface area contributed by atoms with Crippen LogP contribution in [0.2, 0.25) is 5.02 Å². The summed E-state index contributed by atoms with van der Waals surface area (Å²) >= 11 is 7.48. The van der Waals surface area contributed by atoms with Crippen molar-refractivity contribution in [1.82, 2.24) is 0 Å². The molecule has 0 amide bonds. The zero-order valence-electron chi connectivity index (χ0n) is 8.40. The average Bonchev–Trinajstić information content (AvgIpc) is 2.80. The van der Waals surface area contributed by atoms with Crippen molar-refractivity contribution in [1.29, 1.82) is 5.26 Å². The second-order valence-electron chi connectivity index (χ2n) is 3.29. The van der Waals surface area contributed by atoms with Gasteiger partial charge in [-0.1, -0.05) is 11.6 Å². The second-order valence-corrected chi connectivity index (χ2v) is 4.50. The summed E-state index contributed by atoms with van der Waals surface area (Å²) in [5.74, 6) is 0. The first-order valence-corrected chi connectivity index (χ1v) is 6.06. The maximum Gasteiger partial charge on any atom is 0.101 e. The Morgan fingerprint density at radius 2 is 2.25 bits per heavy atom. The molecule has 1 aromatic heterocycles. The van der Waals surface area contributed by atoms with Crippen LogP contribution in [0.3, 0.4) is 0 Å². The maximum absolute atomic E-state index is 8.95. The van der Waals surface area contributed by atoms with E-state index in [0.29, 0.717) is 10.6 Å². The van der Waals surface area contributed by atoms with Crippen LogP contribution < -0.4 is 5.32 Å². The van der Waals surface area contributed by atoms with Gasteiger partial charge >= 0.3 is 0 Å². The lowest BCUT2D eigenvalue weighted by molar-refractivity contribution is 1.16. The van der Waals surface area contributed by atoms with Crippen molar-refractivity contribution in [2.75, 3.05) is 5.32 Å². The molecule has 1 aromatic carbocycles. The van der Waals surface area contributed by atoms with Crippen LogP contribution in [-0.2, 0) is 6.54 Å². The fourth-order valence-electron chi connectivity index (χ4n) is 1.35. The lowest BCUT2D eigenvalue weighted by atomic mass is 10.2. The minimum atomic E-state index is 0.572. The molecule has 2 nitrogen and oxygen atoms in total. The summed E-state index contributed by atoms with van der Waals surface area (Å²) in [6, 6.07) is 9.44. The van der Waals surface area contributed by atoms with Crippen molar-refractivity contribution < 1.29 is 0 Å². The minimum Gasteiger partial charge on any atom is -0.380 e. The zero-order chi connectivity index (χ0) is 11.4. The van der Waals surface area contributed by atoms with Gasteiger partial charge < -0.3 is 5.32 Å². The van der Waals surface area contributed by atoms with E-state index in [4.69, 9.17) is 16.9 Å². The Bertz CT molecular complexity index is 514. The Kier molecular flexibility index (Phi) is 3.45. The summed E-state index contributed by atoms with van der Waals surface area (Å²) in [5, 5.41) is 16.9. The smallest absolute Gasteiger partial charge is 0.101 e. The Morgan fingerprint density at radius 3 is 2.94 bits per heavy atom. The highest BCUT2D eigenvalue weighted by atomic mass is 35.5. The molecule has 0 saturated carbocycles. The Hall–Kier alpha value is -1.50. The maximum atomic E-state index is 8.95. The fraction of sp³-hybridized carbons (Fsp3) is 0.0833. The molecule has 0 spiro atoms. The number of halogens is 1. The number of nitriles is 1. The molecule has 0 radical (unpaired) electrons. The molecular formula is C12H9ClN2S. The van der Waals surface area contributed by atoms with E-state index in [1.807, 2.05) is 11.4 Å². The summed E-state index contributed by atoms with van der Waals surface area (Å²) < 4.78 is 0. The molecule has 0 bridgehead atoms. The summed E-state index contributed by atoms with van der Waals surface area (Å²) in [7, 11) is 0. The van der Waals surface area contributed by atoms with E-state index in [1.54, 1.807) is 23.5 Å². The first-order valence-electron chi connectivity index (χ1n) is 4.74. The van der Waals surface area contributed by atoms with E-state index in [1.165, 1.54) is 5.56 Å². The molecule has 0 aliphatic rings. The van der Waals surface area contributed by atoms with E-state index in [2.05, 4.69) is 22.8 Å². The second kappa shape index (κ2) is 5.02. The molecule has 1 heterocycles. The average molecular weight is 249 g/mol. The van der Waals surface area contributed by atoms with Crippen LogP contribution in [0.5, 0.6) is 0 Å². The molecule has 0 aliphatic carbocycles. The van der Waals surface area contributed by atoms with Gasteiger partial charge in [0.15, 0.2) is 0 Å². The van der Waals surface area contributed by atoms with Crippen LogP contribution in [-0.4, -0.2) is 0 Å². The molecule has 0 saturated heterocycles. The molecule has 80 valence electrons. The van der Waals surface area contributed by atoms with Gasteiger partial charge in [0.25, 0.3) is 0 Å². The van der Waals surface area contributed by atoms with Gasteiger partial charge in [-0.05, 0) is 40.6 Å². The Labute approximate surface area is 103 Å². The van der Waals surface area contributed by atoms with Gasteiger partial charge in [-0.2, -0.15) is 16.6 Å². The Morgan fingerprint density at radius 1 is 1.38 bits per heavy atom. The van der Waals surface area contributed by atoms with Crippen LogP contribution in [0.25, 0.3) is 0 Å². The van der Waals surface area contributed by atoms with Gasteiger partial charge in [0.1, 0.15) is 6.07 Å².